The molecule has 0 aromatic heterocycles. The van der Waals surface area contributed by atoms with Crippen molar-refractivity contribution >= 4 is 0 Å². The zero-order valence-electron chi connectivity index (χ0n) is 16.1. The van der Waals surface area contributed by atoms with Gasteiger partial charge in [-0.05, 0) is 61.4 Å². The van der Waals surface area contributed by atoms with E-state index in [1.54, 1.807) is 0 Å². The van der Waals surface area contributed by atoms with Crippen molar-refractivity contribution in [2.75, 3.05) is 0 Å². The monoisotopic (exact) mass is 366 g/mol. The molecule has 0 atom stereocenters. The fourth-order valence-electron chi connectivity index (χ4n) is 2.97. The predicted octanol–water partition coefficient (Wildman–Crippen LogP) is 7.56. The van der Waals surface area contributed by atoms with Crippen molar-refractivity contribution in [3.63, 3.8) is 0 Å². The second kappa shape index (κ2) is 8.01. The van der Waals surface area contributed by atoms with E-state index in [1.807, 2.05) is 84.9 Å². The molecule has 4 rings (SSSR count). The second-order valence-corrected chi connectivity index (χ2v) is 6.89. The van der Waals surface area contributed by atoms with Crippen LogP contribution in [-0.2, 0) is 0 Å². The zero-order chi connectivity index (χ0) is 19.3. The molecule has 0 unspecified atom stereocenters. The molecule has 0 aliphatic rings. The first-order chi connectivity index (χ1) is 13.7. The summed E-state index contributed by atoms with van der Waals surface area (Å²) in [6.45, 7) is 4.13. The highest BCUT2D eigenvalue weighted by Gasteiger charge is 2.08. The van der Waals surface area contributed by atoms with Crippen LogP contribution in [0.1, 0.15) is 11.1 Å². The van der Waals surface area contributed by atoms with Crippen LogP contribution in [0.4, 0.5) is 0 Å². The number of rotatable bonds is 5. The number of aryl methyl sites for hydroxylation is 2. The summed E-state index contributed by atoms with van der Waals surface area (Å²) in [5.74, 6) is 3.09. The van der Waals surface area contributed by atoms with Crippen LogP contribution in [0.25, 0.3) is 11.1 Å². The van der Waals surface area contributed by atoms with E-state index < -0.39 is 0 Å². The van der Waals surface area contributed by atoms with Gasteiger partial charge in [-0.15, -0.1) is 0 Å². The standard InChI is InChI=1S/C26H22O2/c1-19-8-12-23(13-9-19)27-25-16-22(21-6-4-3-5-7-21)17-26(18-25)28-24-14-10-20(2)11-15-24/h3-18H,1-2H3. The summed E-state index contributed by atoms with van der Waals surface area (Å²) in [5.41, 5.74) is 4.57. The molecule has 0 aliphatic carbocycles. The Labute approximate surface area is 166 Å². The average Bonchev–Trinajstić information content (AvgIpc) is 2.72. The van der Waals surface area contributed by atoms with E-state index in [2.05, 4.69) is 26.0 Å². The van der Waals surface area contributed by atoms with Gasteiger partial charge in [-0.1, -0.05) is 65.7 Å². The van der Waals surface area contributed by atoms with Gasteiger partial charge in [-0.25, -0.2) is 0 Å². The summed E-state index contributed by atoms with van der Waals surface area (Å²) < 4.78 is 12.2. The minimum Gasteiger partial charge on any atom is -0.457 e. The molecule has 2 nitrogen and oxygen atoms in total. The molecule has 0 aliphatic heterocycles. The van der Waals surface area contributed by atoms with Crippen molar-refractivity contribution in [3.05, 3.63) is 108 Å². The SMILES string of the molecule is Cc1ccc(Oc2cc(Oc3ccc(C)cc3)cc(-c3ccccc3)c2)cc1. The number of ether oxygens (including phenoxy) is 2. The molecule has 138 valence electrons. The largest absolute Gasteiger partial charge is 0.457 e. The van der Waals surface area contributed by atoms with E-state index in [1.165, 1.54) is 11.1 Å². The molecule has 0 amide bonds. The average molecular weight is 366 g/mol. The molecule has 0 saturated heterocycles. The van der Waals surface area contributed by atoms with Crippen molar-refractivity contribution in [1.82, 2.24) is 0 Å². The number of hydrogen-bond acceptors (Lipinski definition) is 2. The summed E-state index contributed by atoms with van der Waals surface area (Å²) in [4.78, 5) is 0. The smallest absolute Gasteiger partial charge is 0.131 e. The van der Waals surface area contributed by atoms with Gasteiger partial charge in [0.25, 0.3) is 0 Å². The minimum atomic E-state index is 0.743. The van der Waals surface area contributed by atoms with Crippen LogP contribution in [0, 0.1) is 13.8 Å². The zero-order valence-corrected chi connectivity index (χ0v) is 16.1. The highest BCUT2D eigenvalue weighted by atomic mass is 16.5. The van der Waals surface area contributed by atoms with Crippen LogP contribution in [0.5, 0.6) is 23.0 Å². The summed E-state index contributed by atoms with van der Waals surface area (Å²) in [7, 11) is 0. The van der Waals surface area contributed by atoms with Crippen molar-refractivity contribution in [2.45, 2.75) is 13.8 Å². The highest BCUT2D eigenvalue weighted by Crippen LogP contribution is 2.34. The molecule has 0 radical (unpaired) electrons. The van der Waals surface area contributed by atoms with Gasteiger partial charge in [0.15, 0.2) is 0 Å². The normalized spacial score (nSPS) is 10.5. The summed E-state index contributed by atoms with van der Waals surface area (Å²) in [6.07, 6.45) is 0. The van der Waals surface area contributed by atoms with Crippen LogP contribution >= 0.6 is 0 Å². The van der Waals surface area contributed by atoms with Crippen molar-refractivity contribution < 1.29 is 9.47 Å². The van der Waals surface area contributed by atoms with Gasteiger partial charge in [0.1, 0.15) is 23.0 Å². The Morgan fingerprint density at radius 3 is 1.36 bits per heavy atom. The maximum atomic E-state index is 6.11. The first kappa shape index (κ1) is 17.9. The molecule has 2 heteroatoms. The fourth-order valence-corrected chi connectivity index (χ4v) is 2.97. The van der Waals surface area contributed by atoms with Crippen molar-refractivity contribution in [1.29, 1.82) is 0 Å². The third kappa shape index (κ3) is 4.41. The first-order valence-corrected chi connectivity index (χ1v) is 9.35. The van der Waals surface area contributed by atoms with Gasteiger partial charge >= 0.3 is 0 Å². The van der Waals surface area contributed by atoms with Gasteiger partial charge in [-0.2, -0.15) is 0 Å². The predicted molar refractivity (Wildman–Crippen MR) is 114 cm³/mol. The van der Waals surface area contributed by atoms with E-state index in [9.17, 15) is 0 Å². The summed E-state index contributed by atoms with van der Waals surface area (Å²) in [5, 5.41) is 0. The van der Waals surface area contributed by atoms with E-state index in [0.29, 0.717) is 0 Å². The molecule has 28 heavy (non-hydrogen) atoms. The molecule has 0 fully saturated rings. The lowest BCUT2D eigenvalue weighted by atomic mass is 10.1. The Morgan fingerprint density at radius 1 is 0.429 bits per heavy atom. The second-order valence-electron chi connectivity index (χ2n) is 6.89. The summed E-state index contributed by atoms with van der Waals surface area (Å²) >= 11 is 0. The van der Waals surface area contributed by atoms with Crippen molar-refractivity contribution in [3.8, 4) is 34.1 Å². The molecular weight excluding hydrogens is 344 g/mol. The quantitative estimate of drug-likeness (QED) is 0.363. The Bertz CT molecular complexity index is 984. The molecule has 0 heterocycles. The minimum absolute atomic E-state index is 0.743. The molecule has 0 bridgehead atoms. The lowest BCUT2D eigenvalue weighted by Gasteiger charge is -2.13. The molecular formula is C26H22O2. The first-order valence-electron chi connectivity index (χ1n) is 9.35. The molecule has 0 saturated carbocycles. The van der Waals surface area contributed by atoms with Gasteiger partial charge < -0.3 is 9.47 Å². The Hall–Kier alpha value is -3.52. The third-order valence-electron chi connectivity index (χ3n) is 4.50. The van der Waals surface area contributed by atoms with Gasteiger partial charge in [0, 0.05) is 6.07 Å². The Morgan fingerprint density at radius 2 is 0.893 bits per heavy atom. The van der Waals surface area contributed by atoms with Gasteiger partial charge in [-0.3, -0.25) is 0 Å². The molecule has 4 aromatic rings. The van der Waals surface area contributed by atoms with E-state index >= 15 is 0 Å². The van der Waals surface area contributed by atoms with Crippen LogP contribution in [-0.4, -0.2) is 0 Å². The molecule has 0 N–H and O–H groups in total. The van der Waals surface area contributed by atoms with Crippen LogP contribution in [0.15, 0.2) is 97.1 Å². The third-order valence-corrected chi connectivity index (χ3v) is 4.50. The van der Waals surface area contributed by atoms with E-state index in [4.69, 9.17) is 9.47 Å². The topological polar surface area (TPSA) is 18.5 Å². The van der Waals surface area contributed by atoms with Crippen LogP contribution in [0.3, 0.4) is 0 Å². The maximum absolute atomic E-state index is 6.11. The lowest BCUT2D eigenvalue weighted by molar-refractivity contribution is 0.460. The Balaban J connectivity index is 1.70. The summed E-state index contributed by atoms with van der Waals surface area (Å²) in [6, 6.07) is 32.3. The van der Waals surface area contributed by atoms with Crippen molar-refractivity contribution in [2.24, 2.45) is 0 Å². The van der Waals surface area contributed by atoms with E-state index in [0.717, 1.165) is 34.1 Å². The van der Waals surface area contributed by atoms with Crippen LogP contribution < -0.4 is 9.47 Å². The van der Waals surface area contributed by atoms with E-state index in [-0.39, 0.29) is 0 Å². The highest BCUT2D eigenvalue weighted by molar-refractivity contribution is 5.67. The maximum Gasteiger partial charge on any atom is 0.131 e. The van der Waals surface area contributed by atoms with Gasteiger partial charge in [0.05, 0.1) is 0 Å². The van der Waals surface area contributed by atoms with Gasteiger partial charge in [0.2, 0.25) is 0 Å². The van der Waals surface area contributed by atoms with Crippen LogP contribution in [0.2, 0.25) is 0 Å². The number of hydrogen-bond donors (Lipinski definition) is 0. The lowest BCUT2D eigenvalue weighted by Crippen LogP contribution is -1.90. The Kier molecular flexibility index (Phi) is 5.11. The molecule has 0 spiro atoms. The molecule has 4 aromatic carbocycles. The fraction of sp³-hybridized carbons (Fsp3) is 0.0769. The number of benzene rings is 4.